The zero-order valence-corrected chi connectivity index (χ0v) is 7.83. The van der Waals surface area contributed by atoms with E-state index in [1.54, 1.807) is 0 Å². The Balaban J connectivity index is 3.42. The minimum absolute atomic E-state index is 0.410. The van der Waals surface area contributed by atoms with Crippen LogP contribution in [0.3, 0.4) is 0 Å². The molecule has 0 spiro atoms. The molecule has 0 saturated carbocycles. The molecule has 0 aliphatic carbocycles. The first-order valence-electron chi connectivity index (χ1n) is 5.31. The van der Waals surface area contributed by atoms with Gasteiger partial charge < -0.3 is 0 Å². The van der Waals surface area contributed by atoms with Crippen LogP contribution in [0.15, 0.2) is 0 Å². The van der Waals surface area contributed by atoms with Crippen molar-refractivity contribution >= 4 is 0 Å². The van der Waals surface area contributed by atoms with Crippen molar-refractivity contribution in [1.29, 1.82) is 0 Å². The van der Waals surface area contributed by atoms with Crippen molar-refractivity contribution in [2.45, 2.75) is 64.9 Å². The highest BCUT2D eigenvalue weighted by Crippen LogP contribution is 2.12. The van der Waals surface area contributed by atoms with Crippen molar-refractivity contribution in [3.63, 3.8) is 0 Å². The maximum absolute atomic E-state index is 13.3. The molecule has 11 heavy (non-hydrogen) atoms. The molecular formula is C10H21F. The molecule has 0 aliphatic heterocycles. The monoisotopic (exact) mass is 161 g/mol. The minimum atomic E-state index is -1.65. The third kappa shape index (κ3) is 7.83. The summed E-state index contributed by atoms with van der Waals surface area (Å²) in [6, 6.07) is 0. The van der Waals surface area contributed by atoms with E-state index in [1.165, 1.54) is 0 Å². The molecule has 0 aromatic carbocycles. The van der Waals surface area contributed by atoms with Crippen molar-refractivity contribution < 1.29 is 5.76 Å². The van der Waals surface area contributed by atoms with Gasteiger partial charge >= 0.3 is 0 Å². The van der Waals surface area contributed by atoms with E-state index < -0.39 is 6.15 Å². The van der Waals surface area contributed by atoms with Gasteiger partial charge in [-0.25, -0.2) is 4.39 Å². The maximum atomic E-state index is 13.3. The van der Waals surface area contributed by atoms with Crippen LogP contribution in [0.2, 0.25) is 0 Å². The van der Waals surface area contributed by atoms with Crippen molar-refractivity contribution in [1.82, 2.24) is 0 Å². The Bertz CT molecular complexity index is 102. The molecule has 1 heteroatoms. The molecule has 1 unspecified atom stereocenters. The lowest BCUT2D eigenvalue weighted by Crippen LogP contribution is -1.99. The molecule has 0 saturated heterocycles. The van der Waals surface area contributed by atoms with Crippen molar-refractivity contribution in [3.8, 4) is 0 Å². The van der Waals surface area contributed by atoms with Crippen molar-refractivity contribution in [3.05, 3.63) is 0 Å². The molecule has 0 fully saturated rings. The molecule has 0 aromatic heterocycles. The zero-order valence-electron chi connectivity index (χ0n) is 8.83. The second kappa shape index (κ2) is 8.03. The molecule has 0 rings (SSSR count). The lowest BCUT2D eigenvalue weighted by Gasteiger charge is -2.05. The summed E-state index contributed by atoms with van der Waals surface area (Å²) >= 11 is 0. The van der Waals surface area contributed by atoms with Crippen LogP contribution in [0.25, 0.3) is 0 Å². The van der Waals surface area contributed by atoms with Gasteiger partial charge in [0.25, 0.3) is 0 Å². The number of alkyl halides is 1. The van der Waals surface area contributed by atoms with Crippen molar-refractivity contribution in [2.75, 3.05) is 0 Å². The first kappa shape index (κ1) is 9.02. The van der Waals surface area contributed by atoms with Gasteiger partial charge in [0, 0.05) is 0 Å². The highest BCUT2D eigenvalue weighted by atomic mass is 19.1. The second-order valence-electron chi connectivity index (χ2n) is 3.08. The number of unbranched alkanes of at least 4 members (excludes halogenated alkanes) is 3. The minimum Gasteiger partial charge on any atom is -0.247 e. The Kier molecular flexibility index (Phi) is 6.59. The summed E-state index contributed by atoms with van der Waals surface area (Å²) in [6.45, 7) is 4.12. The molecule has 0 N–H and O–H groups in total. The SMILES string of the molecule is [2H]C(F)(CCCC)CCCCC. The summed E-state index contributed by atoms with van der Waals surface area (Å²) in [5.74, 6) is 0. The van der Waals surface area contributed by atoms with Gasteiger partial charge in [-0.3, -0.25) is 0 Å². The number of hydrogen-bond donors (Lipinski definition) is 0. The Labute approximate surface area is 71.6 Å². The highest BCUT2D eigenvalue weighted by molar-refractivity contribution is 4.55. The predicted molar refractivity (Wildman–Crippen MR) is 48.6 cm³/mol. The summed E-state index contributed by atoms with van der Waals surface area (Å²) in [5.41, 5.74) is 0. The topological polar surface area (TPSA) is 0 Å². The molecule has 0 amide bonds. The average Bonchev–Trinajstić information content (AvgIpc) is 2.01. The lowest BCUT2D eigenvalue weighted by atomic mass is 10.1. The molecule has 1 atom stereocenters. The van der Waals surface area contributed by atoms with Crippen LogP contribution in [-0.4, -0.2) is 6.15 Å². The summed E-state index contributed by atoms with van der Waals surface area (Å²) < 4.78 is 20.6. The van der Waals surface area contributed by atoms with Crippen LogP contribution >= 0.6 is 0 Å². The predicted octanol–water partition coefficient (Wildman–Crippen LogP) is 4.10. The van der Waals surface area contributed by atoms with E-state index in [2.05, 4.69) is 6.92 Å². The lowest BCUT2D eigenvalue weighted by molar-refractivity contribution is 0.282. The summed E-state index contributed by atoms with van der Waals surface area (Å²) in [5, 5.41) is 0. The van der Waals surface area contributed by atoms with E-state index in [9.17, 15) is 4.39 Å². The fourth-order valence-corrected chi connectivity index (χ4v) is 1.06. The fraction of sp³-hybridized carbons (Fsp3) is 1.00. The van der Waals surface area contributed by atoms with Gasteiger partial charge in [-0.2, -0.15) is 0 Å². The number of hydrogen-bond acceptors (Lipinski definition) is 0. The molecule has 0 radical (unpaired) electrons. The largest absolute Gasteiger partial charge is 0.247 e. The van der Waals surface area contributed by atoms with Gasteiger partial charge in [0.2, 0.25) is 0 Å². The Morgan fingerprint density at radius 1 is 1.09 bits per heavy atom. The second-order valence-corrected chi connectivity index (χ2v) is 3.08. The normalized spacial score (nSPS) is 17.5. The molecule has 68 valence electrons. The zero-order chi connectivity index (χ0) is 9.45. The van der Waals surface area contributed by atoms with E-state index in [1.807, 2.05) is 6.92 Å². The Morgan fingerprint density at radius 2 is 1.64 bits per heavy atom. The maximum Gasteiger partial charge on any atom is 0.100 e. The number of rotatable bonds is 7. The van der Waals surface area contributed by atoms with Crippen LogP contribution < -0.4 is 0 Å². The molecule has 0 aliphatic rings. The fourth-order valence-electron chi connectivity index (χ4n) is 1.06. The summed E-state index contributed by atoms with van der Waals surface area (Å²) in [6.07, 6.45) is 4.02. The molecular weight excluding hydrogens is 139 g/mol. The molecule has 0 aromatic rings. The average molecular weight is 161 g/mol. The van der Waals surface area contributed by atoms with E-state index in [4.69, 9.17) is 1.37 Å². The summed E-state index contributed by atoms with van der Waals surface area (Å²) in [7, 11) is 0. The van der Waals surface area contributed by atoms with Crippen LogP contribution in [-0.2, 0) is 0 Å². The van der Waals surface area contributed by atoms with Gasteiger partial charge in [0.1, 0.15) is 6.15 Å². The van der Waals surface area contributed by atoms with E-state index in [0.29, 0.717) is 12.8 Å². The van der Waals surface area contributed by atoms with Gasteiger partial charge in [-0.15, -0.1) is 0 Å². The van der Waals surface area contributed by atoms with E-state index in [0.717, 1.165) is 32.1 Å². The smallest absolute Gasteiger partial charge is 0.100 e. The van der Waals surface area contributed by atoms with E-state index in [-0.39, 0.29) is 0 Å². The highest BCUT2D eigenvalue weighted by Gasteiger charge is 2.03. The van der Waals surface area contributed by atoms with Crippen LogP contribution in [0.1, 0.15) is 60.2 Å². The quantitative estimate of drug-likeness (QED) is 0.493. The number of halogens is 1. The first-order valence-corrected chi connectivity index (χ1v) is 4.81. The van der Waals surface area contributed by atoms with Crippen LogP contribution in [0.4, 0.5) is 4.39 Å². The van der Waals surface area contributed by atoms with Gasteiger partial charge in [0.15, 0.2) is 0 Å². The van der Waals surface area contributed by atoms with Gasteiger partial charge in [-0.05, 0) is 12.8 Å². The third-order valence-electron chi connectivity index (χ3n) is 1.85. The molecule has 0 heterocycles. The summed E-state index contributed by atoms with van der Waals surface area (Å²) in [4.78, 5) is 0. The van der Waals surface area contributed by atoms with Gasteiger partial charge in [-0.1, -0.05) is 46.0 Å². The van der Waals surface area contributed by atoms with E-state index >= 15 is 0 Å². The van der Waals surface area contributed by atoms with Crippen LogP contribution in [0.5, 0.6) is 0 Å². The first-order chi connectivity index (χ1) is 5.62. The standard InChI is InChI=1S/C10H21F/c1-3-5-7-9-10(11)8-6-4-2/h10H,3-9H2,1-2H3/i10D. The molecule has 0 bridgehead atoms. The van der Waals surface area contributed by atoms with Crippen LogP contribution in [0, 0.1) is 0 Å². The third-order valence-corrected chi connectivity index (χ3v) is 1.85. The molecule has 0 nitrogen and oxygen atoms in total. The Morgan fingerprint density at radius 3 is 2.18 bits per heavy atom. The Hall–Kier alpha value is -0.0700. The van der Waals surface area contributed by atoms with Gasteiger partial charge in [0.05, 0.1) is 1.37 Å². The van der Waals surface area contributed by atoms with Crippen molar-refractivity contribution in [2.24, 2.45) is 0 Å².